The molecule has 0 saturated carbocycles. The molecule has 2 atom stereocenters. The minimum absolute atomic E-state index is 0.0392. The van der Waals surface area contributed by atoms with E-state index in [0.717, 1.165) is 16.2 Å². The average Bonchev–Trinajstić information content (AvgIpc) is 3.64. The van der Waals surface area contributed by atoms with Crippen LogP contribution >= 0.6 is 23.1 Å². The summed E-state index contributed by atoms with van der Waals surface area (Å²) in [6.45, 7) is 3.49. The summed E-state index contributed by atoms with van der Waals surface area (Å²) in [6, 6.07) is -1.09. The summed E-state index contributed by atoms with van der Waals surface area (Å²) >= 11 is 2.29. The van der Waals surface area contributed by atoms with Gasteiger partial charge in [-0.05, 0) is 37.8 Å². The predicted octanol–water partition coefficient (Wildman–Crippen LogP) is 1.06. The lowest BCUT2D eigenvalue weighted by atomic mass is 10.0. The second-order valence-electron chi connectivity index (χ2n) is 10.7. The summed E-state index contributed by atoms with van der Waals surface area (Å²) in [7, 11) is 0. The third-order valence-corrected chi connectivity index (χ3v) is 9.72. The van der Waals surface area contributed by atoms with Crippen LogP contribution in [0.2, 0.25) is 0 Å². The van der Waals surface area contributed by atoms with E-state index in [1.54, 1.807) is 22.8 Å². The van der Waals surface area contributed by atoms with Gasteiger partial charge in [0.25, 0.3) is 11.8 Å². The van der Waals surface area contributed by atoms with Gasteiger partial charge in [0.05, 0.1) is 6.61 Å². The zero-order valence-corrected chi connectivity index (χ0v) is 27.1. The van der Waals surface area contributed by atoms with Gasteiger partial charge in [0.15, 0.2) is 10.8 Å². The highest BCUT2D eigenvalue weighted by Gasteiger charge is 2.54. The molecule has 3 fully saturated rings. The van der Waals surface area contributed by atoms with Crippen LogP contribution in [0.25, 0.3) is 0 Å². The zero-order chi connectivity index (χ0) is 36.2. The monoisotopic (exact) mass is 733 g/mol. The number of hydrogen-bond donors (Lipinski definition) is 5. The minimum Gasteiger partial charge on any atom is -0.477 e. The first-order valence-electron chi connectivity index (χ1n) is 14.5. The number of nitrogens with two attached hydrogens (primary N) is 1. The maximum atomic E-state index is 13.3. The van der Waals surface area contributed by atoms with Crippen molar-refractivity contribution in [3.8, 4) is 0 Å². The van der Waals surface area contributed by atoms with E-state index in [1.807, 2.05) is 0 Å². The van der Waals surface area contributed by atoms with Gasteiger partial charge in [0, 0.05) is 42.4 Å². The Kier molecular flexibility index (Phi) is 11.4. The number of alkyl halides is 3. The molecule has 0 aliphatic carbocycles. The number of allylic oxidation sites excluding steroid dienone is 1. The fraction of sp³-hybridized carbons (Fsp3) is 0.481. The Bertz CT molecular complexity index is 1620. The molecule has 1 aromatic heterocycles. The maximum Gasteiger partial charge on any atom is 0.490 e. The van der Waals surface area contributed by atoms with Gasteiger partial charge in [0.2, 0.25) is 5.91 Å². The molecule has 6 N–H and O–H groups in total. The molecular formula is C27H30F3N7O10S2. The third kappa shape index (κ3) is 8.07. The molecular weight excluding hydrogens is 703 g/mol. The van der Waals surface area contributed by atoms with E-state index in [4.69, 9.17) is 20.4 Å². The number of aromatic nitrogens is 1. The first-order chi connectivity index (χ1) is 23.1. The Morgan fingerprint density at radius 2 is 1.84 bits per heavy atom. The van der Waals surface area contributed by atoms with Crippen molar-refractivity contribution in [3.05, 3.63) is 34.0 Å². The highest BCUT2D eigenvalue weighted by molar-refractivity contribution is 8.00. The number of oxime groups is 1. The number of hydrogen-bond acceptors (Lipinski definition) is 13. The van der Waals surface area contributed by atoms with Gasteiger partial charge in [-0.1, -0.05) is 5.16 Å². The molecule has 266 valence electrons. The van der Waals surface area contributed by atoms with Crippen molar-refractivity contribution in [3.63, 3.8) is 0 Å². The van der Waals surface area contributed by atoms with E-state index < -0.39 is 47.1 Å². The molecule has 4 aliphatic rings. The number of nitrogens with one attached hydrogen (secondary N) is 1. The lowest BCUT2D eigenvalue weighted by molar-refractivity contribution is -0.192. The van der Waals surface area contributed by atoms with Crippen LogP contribution in [-0.4, -0.2) is 132 Å². The van der Waals surface area contributed by atoms with Crippen molar-refractivity contribution in [1.82, 2.24) is 25.0 Å². The quantitative estimate of drug-likeness (QED) is 0.0866. The molecule has 1 aromatic rings. The SMILES string of the molecule is CCOC(=O)N1CCC(N2CCC(=CC3=C(C(=O)O)N4C(=O)[C@@H](NC(=O)C(=NO)c5csc(N)n5)[C@H]4SC3)C2=O)CC1.O=C(O)C(F)(F)F. The smallest absolute Gasteiger partial charge is 0.477 e. The molecule has 3 saturated heterocycles. The molecule has 0 aromatic carbocycles. The Morgan fingerprint density at radius 3 is 2.37 bits per heavy atom. The number of halogens is 3. The van der Waals surface area contributed by atoms with Crippen molar-refractivity contribution < 1.29 is 62.1 Å². The zero-order valence-electron chi connectivity index (χ0n) is 25.5. The van der Waals surface area contributed by atoms with Gasteiger partial charge >= 0.3 is 24.2 Å². The second-order valence-corrected chi connectivity index (χ2v) is 12.7. The Hall–Kier alpha value is -4.86. The van der Waals surface area contributed by atoms with Gasteiger partial charge < -0.3 is 41.0 Å². The summed E-state index contributed by atoms with van der Waals surface area (Å²) in [5.74, 6) is -5.58. The third-order valence-electron chi connectivity index (χ3n) is 7.75. The number of fused-ring (bicyclic) bond motifs is 1. The normalized spacial score (nSPS) is 22.3. The maximum absolute atomic E-state index is 13.3. The number of aliphatic carboxylic acids is 2. The molecule has 22 heteroatoms. The molecule has 4 aliphatic heterocycles. The van der Waals surface area contributed by atoms with E-state index >= 15 is 0 Å². The van der Waals surface area contributed by atoms with Crippen molar-refractivity contribution >= 4 is 69.7 Å². The van der Waals surface area contributed by atoms with Crippen LogP contribution in [0.1, 0.15) is 31.9 Å². The molecule has 5 heterocycles. The molecule has 0 bridgehead atoms. The Balaban J connectivity index is 0.000000698. The fourth-order valence-electron chi connectivity index (χ4n) is 5.47. The standard InChI is InChI=1S/C25H29N7O8S2.C2HF3O2/c1-2-40-25(38)30-6-4-14(5-7-30)31-8-3-12(20(31)34)9-13-10-41-22-17(21(35)32(22)18(13)23(36)37)28-19(33)16(29-39)15-11-42-24(26)27-15;3-2(4,5)1(6)7/h9,11,14,17,22,39H,2-8,10H2,1H3,(H2,26,27)(H,28,33)(H,36,37);(H,6,7)/t17-,22-;/m1./s1. The summed E-state index contributed by atoms with van der Waals surface area (Å²) in [6.07, 6.45) is -2.22. The minimum atomic E-state index is -5.08. The highest BCUT2D eigenvalue weighted by Crippen LogP contribution is 2.41. The number of thioether (sulfide) groups is 1. The molecule has 17 nitrogen and oxygen atoms in total. The fourth-order valence-corrected chi connectivity index (χ4v) is 7.33. The molecule has 5 rings (SSSR count). The van der Waals surface area contributed by atoms with Crippen LogP contribution < -0.4 is 11.1 Å². The van der Waals surface area contributed by atoms with Crippen LogP contribution in [0.5, 0.6) is 0 Å². The Labute approximate surface area is 283 Å². The molecule has 0 unspecified atom stereocenters. The second kappa shape index (κ2) is 15.1. The summed E-state index contributed by atoms with van der Waals surface area (Å²) < 4.78 is 36.8. The molecule has 49 heavy (non-hydrogen) atoms. The van der Waals surface area contributed by atoms with Gasteiger partial charge in [0.1, 0.15) is 22.8 Å². The topological polar surface area (TPSA) is 245 Å². The first-order valence-corrected chi connectivity index (χ1v) is 16.4. The number of carboxylic acid groups (broad SMARTS) is 2. The molecule has 4 amide bonds. The van der Waals surface area contributed by atoms with Crippen LogP contribution in [0, 0.1) is 0 Å². The number of β-lactam (4-membered cyclic amide) rings is 1. The van der Waals surface area contributed by atoms with Gasteiger partial charge in [-0.15, -0.1) is 23.1 Å². The first kappa shape index (κ1) is 37.0. The van der Waals surface area contributed by atoms with Crippen molar-refractivity contribution in [2.75, 3.05) is 37.7 Å². The Morgan fingerprint density at radius 1 is 1.18 bits per heavy atom. The number of carboxylic acids is 2. The lowest BCUT2D eigenvalue weighted by Gasteiger charge is -2.49. The number of nitrogens with zero attached hydrogens (tertiary/aromatic N) is 5. The average molecular weight is 734 g/mol. The number of piperidine rings is 1. The van der Waals surface area contributed by atoms with E-state index in [9.17, 15) is 47.5 Å². The number of rotatable bonds is 7. The highest BCUT2D eigenvalue weighted by atomic mass is 32.2. The van der Waals surface area contributed by atoms with Gasteiger partial charge in [-0.2, -0.15) is 13.2 Å². The van der Waals surface area contributed by atoms with Crippen LogP contribution in [-0.2, 0) is 28.7 Å². The summed E-state index contributed by atoms with van der Waals surface area (Å²) in [5, 5.41) is 32.8. The summed E-state index contributed by atoms with van der Waals surface area (Å²) in [5.41, 5.74) is 5.75. The van der Waals surface area contributed by atoms with Gasteiger partial charge in [-0.25, -0.2) is 19.4 Å². The number of carbonyl (C=O) groups is 6. The lowest BCUT2D eigenvalue weighted by Crippen LogP contribution is -2.71. The van der Waals surface area contributed by atoms with E-state index in [1.165, 1.54) is 17.1 Å². The predicted molar refractivity (Wildman–Crippen MR) is 164 cm³/mol. The number of anilines is 1. The van der Waals surface area contributed by atoms with Crippen LogP contribution in [0.4, 0.5) is 23.1 Å². The van der Waals surface area contributed by atoms with Crippen LogP contribution in [0.3, 0.4) is 0 Å². The number of likely N-dealkylation sites (tertiary alicyclic amines) is 2. The number of thiazole rings is 1. The molecule has 0 spiro atoms. The largest absolute Gasteiger partial charge is 0.490 e. The summed E-state index contributed by atoms with van der Waals surface area (Å²) in [4.78, 5) is 80.6. The van der Waals surface area contributed by atoms with E-state index in [-0.39, 0.29) is 40.3 Å². The number of carbonyl (C=O) groups excluding carboxylic acids is 4. The number of nitrogen functional groups attached to an aromatic ring is 1. The van der Waals surface area contributed by atoms with Crippen molar-refractivity contribution in [2.45, 2.75) is 49.8 Å². The van der Waals surface area contributed by atoms with E-state index in [2.05, 4.69) is 15.5 Å². The van der Waals surface area contributed by atoms with Crippen molar-refractivity contribution in [1.29, 1.82) is 0 Å². The van der Waals surface area contributed by atoms with Crippen molar-refractivity contribution in [2.24, 2.45) is 5.16 Å². The molecule has 0 radical (unpaired) electrons. The van der Waals surface area contributed by atoms with Gasteiger partial charge in [-0.3, -0.25) is 19.3 Å². The van der Waals surface area contributed by atoms with E-state index in [0.29, 0.717) is 56.6 Å². The number of ether oxygens (including phenoxy) is 1. The number of amides is 4. The van der Waals surface area contributed by atoms with Crippen LogP contribution in [0.15, 0.2) is 33.5 Å².